The number of hydrogen-bond donors (Lipinski definition) is 0. The summed E-state index contributed by atoms with van der Waals surface area (Å²) in [6.07, 6.45) is 2.64. The van der Waals surface area contributed by atoms with Crippen molar-refractivity contribution < 1.29 is 19.1 Å². The first kappa shape index (κ1) is 13.3. The first-order valence-corrected chi connectivity index (χ1v) is 6.45. The van der Waals surface area contributed by atoms with Crippen LogP contribution in [0, 0.1) is 0 Å². The van der Waals surface area contributed by atoms with Crippen molar-refractivity contribution in [3.8, 4) is 0 Å². The monoisotopic (exact) mass is 255 g/mol. The third-order valence-corrected chi connectivity index (χ3v) is 3.41. The van der Waals surface area contributed by atoms with Gasteiger partial charge in [-0.05, 0) is 40.0 Å². The molecule has 0 bridgehead atoms. The minimum atomic E-state index is -0.477. The van der Waals surface area contributed by atoms with Crippen LogP contribution in [-0.4, -0.2) is 47.7 Å². The second-order valence-electron chi connectivity index (χ2n) is 6.17. The summed E-state index contributed by atoms with van der Waals surface area (Å²) >= 11 is 0. The highest BCUT2D eigenvalue weighted by Crippen LogP contribution is 2.37. The van der Waals surface area contributed by atoms with Gasteiger partial charge in [0.15, 0.2) is 0 Å². The zero-order valence-electron chi connectivity index (χ0n) is 11.3. The fraction of sp³-hybridized carbons (Fsp3) is 0.846. The Bertz CT molecular complexity index is 349. The van der Waals surface area contributed by atoms with Crippen LogP contribution < -0.4 is 0 Å². The largest absolute Gasteiger partial charge is 0.444 e. The molecule has 2 heterocycles. The fourth-order valence-electron chi connectivity index (χ4n) is 2.57. The number of likely N-dealkylation sites (tertiary alicyclic amines) is 1. The van der Waals surface area contributed by atoms with E-state index in [1.807, 2.05) is 20.8 Å². The summed E-state index contributed by atoms with van der Waals surface area (Å²) in [5.41, 5.74) is -0.794. The maximum absolute atomic E-state index is 11.9. The summed E-state index contributed by atoms with van der Waals surface area (Å²) in [6.45, 7) is 6.73. The van der Waals surface area contributed by atoms with Crippen molar-refractivity contribution in [3.05, 3.63) is 0 Å². The minimum Gasteiger partial charge on any atom is -0.444 e. The molecule has 0 saturated carbocycles. The van der Waals surface area contributed by atoms with Gasteiger partial charge in [0.25, 0.3) is 0 Å². The van der Waals surface area contributed by atoms with Gasteiger partial charge in [-0.1, -0.05) is 0 Å². The van der Waals surface area contributed by atoms with Gasteiger partial charge in [-0.15, -0.1) is 0 Å². The predicted octanol–water partition coefficient (Wildman–Crippen LogP) is 1.74. The highest BCUT2D eigenvalue weighted by Gasteiger charge is 2.47. The summed E-state index contributed by atoms with van der Waals surface area (Å²) < 4.78 is 11.1. The highest BCUT2D eigenvalue weighted by molar-refractivity contribution is 5.68. The van der Waals surface area contributed by atoms with E-state index in [1.54, 1.807) is 4.90 Å². The number of nitrogens with zero attached hydrogens (tertiary/aromatic N) is 1. The van der Waals surface area contributed by atoms with Crippen molar-refractivity contribution in [3.63, 3.8) is 0 Å². The van der Waals surface area contributed by atoms with Crippen molar-refractivity contribution in [2.24, 2.45) is 0 Å². The Morgan fingerprint density at radius 3 is 2.72 bits per heavy atom. The van der Waals surface area contributed by atoms with Gasteiger partial charge in [-0.2, -0.15) is 0 Å². The second-order valence-corrected chi connectivity index (χ2v) is 6.17. The van der Waals surface area contributed by atoms with Gasteiger partial charge in [0.2, 0.25) is 0 Å². The molecule has 0 N–H and O–H groups in total. The molecule has 0 radical (unpaired) electrons. The molecule has 5 nitrogen and oxygen atoms in total. The Morgan fingerprint density at radius 2 is 2.17 bits per heavy atom. The van der Waals surface area contributed by atoms with Gasteiger partial charge in [-0.3, -0.25) is 0 Å². The molecule has 5 heteroatoms. The van der Waals surface area contributed by atoms with E-state index in [0.717, 1.165) is 25.5 Å². The smallest absolute Gasteiger partial charge is 0.410 e. The van der Waals surface area contributed by atoms with Gasteiger partial charge < -0.3 is 19.2 Å². The molecule has 2 aliphatic rings. The van der Waals surface area contributed by atoms with Gasteiger partial charge in [0, 0.05) is 6.54 Å². The van der Waals surface area contributed by atoms with Crippen LogP contribution in [-0.2, 0) is 14.3 Å². The zero-order valence-corrected chi connectivity index (χ0v) is 11.3. The van der Waals surface area contributed by atoms with Gasteiger partial charge >= 0.3 is 6.09 Å². The molecule has 2 fully saturated rings. The number of rotatable bonds is 1. The van der Waals surface area contributed by atoms with Crippen molar-refractivity contribution >= 4 is 12.4 Å². The van der Waals surface area contributed by atoms with Crippen LogP contribution >= 0.6 is 0 Å². The molecule has 0 aromatic rings. The van der Waals surface area contributed by atoms with Gasteiger partial charge in [0.1, 0.15) is 18.0 Å². The molecule has 1 spiro atoms. The van der Waals surface area contributed by atoms with Crippen LogP contribution in [0.2, 0.25) is 0 Å². The molecule has 2 aliphatic heterocycles. The summed E-state index contributed by atoms with van der Waals surface area (Å²) in [4.78, 5) is 24.3. The summed E-state index contributed by atoms with van der Waals surface area (Å²) in [6, 6.07) is 0. The van der Waals surface area contributed by atoms with Gasteiger partial charge in [0.05, 0.1) is 12.1 Å². The Kier molecular flexibility index (Phi) is 3.36. The van der Waals surface area contributed by atoms with Crippen molar-refractivity contribution in [2.75, 3.05) is 13.1 Å². The van der Waals surface area contributed by atoms with Crippen LogP contribution in [0.25, 0.3) is 0 Å². The van der Waals surface area contributed by atoms with Gasteiger partial charge in [-0.25, -0.2) is 4.79 Å². The molecular formula is C13H21NO4. The van der Waals surface area contributed by atoms with E-state index in [9.17, 15) is 9.59 Å². The number of ether oxygens (including phenoxy) is 2. The molecule has 0 aromatic carbocycles. The topological polar surface area (TPSA) is 55.8 Å². The Morgan fingerprint density at radius 1 is 1.44 bits per heavy atom. The maximum Gasteiger partial charge on any atom is 0.410 e. The molecule has 2 rings (SSSR count). The minimum absolute atomic E-state index is 0.294. The van der Waals surface area contributed by atoms with Crippen molar-refractivity contribution in [2.45, 2.75) is 57.3 Å². The highest BCUT2D eigenvalue weighted by atomic mass is 16.6. The molecule has 0 aromatic heterocycles. The molecule has 102 valence electrons. The lowest BCUT2D eigenvalue weighted by atomic mass is 9.99. The summed E-state index contributed by atoms with van der Waals surface area (Å²) in [5.74, 6) is 0. The number of carbonyl (C=O) groups excluding carboxylic acids is 2. The number of hydrogen-bond acceptors (Lipinski definition) is 4. The van der Waals surface area contributed by atoms with Crippen LogP contribution in [0.15, 0.2) is 0 Å². The molecule has 18 heavy (non-hydrogen) atoms. The second kappa shape index (κ2) is 4.53. The van der Waals surface area contributed by atoms with Crippen molar-refractivity contribution in [1.29, 1.82) is 0 Å². The molecule has 1 amide bonds. The van der Waals surface area contributed by atoms with Crippen LogP contribution in [0.5, 0.6) is 0 Å². The molecule has 0 aliphatic carbocycles. The summed E-state index contributed by atoms with van der Waals surface area (Å²) in [5, 5.41) is 0. The summed E-state index contributed by atoms with van der Waals surface area (Å²) in [7, 11) is 0. The quantitative estimate of drug-likeness (QED) is 0.670. The average molecular weight is 255 g/mol. The van der Waals surface area contributed by atoms with E-state index >= 15 is 0 Å². The molecule has 1 unspecified atom stereocenters. The van der Waals surface area contributed by atoms with E-state index in [4.69, 9.17) is 9.47 Å². The Labute approximate surface area is 107 Å². The zero-order chi connectivity index (χ0) is 13.4. The van der Waals surface area contributed by atoms with E-state index in [2.05, 4.69) is 0 Å². The lowest BCUT2D eigenvalue weighted by molar-refractivity contribution is -0.121. The molecule has 2 saturated heterocycles. The Balaban J connectivity index is 1.92. The number of amides is 1. The van der Waals surface area contributed by atoms with Crippen molar-refractivity contribution in [1.82, 2.24) is 4.90 Å². The Hall–Kier alpha value is -1.10. The van der Waals surface area contributed by atoms with Crippen LogP contribution in [0.4, 0.5) is 4.79 Å². The van der Waals surface area contributed by atoms with E-state index in [-0.39, 0.29) is 17.8 Å². The van der Waals surface area contributed by atoms with E-state index < -0.39 is 5.60 Å². The predicted molar refractivity (Wildman–Crippen MR) is 65.3 cm³/mol. The standard InChI is InChI=1S/C13H21NO4/c1-12(2,3)18-11(16)14-7-6-13(9-14)5-4-10(8-15)17-13/h8,10H,4-7,9H2,1-3H3/t10-,13?/m1/s1. The average Bonchev–Trinajstić information content (AvgIpc) is 2.84. The fourth-order valence-corrected chi connectivity index (χ4v) is 2.57. The third-order valence-electron chi connectivity index (χ3n) is 3.41. The maximum atomic E-state index is 11.9. The van der Waals surface area contributed by atoms with Crippen LogP contribution in [0.1, 0.15) is 40.0 Å². The number of carbonyl (C=O) groups is 2. The lowest BCUT2D eigenvalue weighted by Gasteiger charge is -2.26. The van der Waals surface area contributed by atoms with E-state index in [0.29, 0.717) is 13.1 Å². The SMILES string of the molecule is CC(C)(C)OC(=O)N1CCC2(CC[C@H](C=O)O2)C1. The van der Waals surface area contributed by atoms with Crippen LogP contribution in [0.3, 0.4) is 0 Å². The first-order chi connectivity index (χ1) is 8.34. The number of aldehydes is 1. The third kappa shape index (κ3) is 2.83. The molecular weight excluding hydrogens is 234 g/mol. The normalized spacial score (nSPS) is 31.9. The first-order valence-electron chi connectivity index (χ1n) is 6.45. The molecule has 2 atom stereocenters. The lowest BCUT2D eigenvalue weighted by Crippen LogP contribution is -2.39. The van der Waals surface area contributed by atoms with E-state index in [1.165, 1.54) is 0 Å².